The fourth-order valence-corrected chi connectivity index (χ4v) is 1.31. The third-order valence-electron chi connectivity index (χ3n) is 2.41. The Balaban J connectivity index is 2.40. The lowest BCUT2D eigenvalue weighted by atomic mass is 10.2. The van der Waals surface area contributed by atoms with Crippen molar-refractivity contribution in [3.05, 3.63) is 29.8 Å². The van der Waals surface area contributed by atoms with Gasteiger partial charge in [0, 0.05) is 12.6 Å². The first-order valence-corrected chi connectivity index (χ1v) is 5.71. The van der Waals surface area contributed by atoms with Gasteiger partial charge in [0.2, 0.25) is 0 Å². The van der Waals surface area contributed by atoms with Crippen molar-refractivity contribution in [2.24, 2.45) is 0 Å². The van der Waals surface area contributed by atoms with Gasteiger partial charge in [0.15, 0.2) is 0 Å². The molecule has 100 valence electrons. The first kappa shape index (κ1) is 14.4. The minimum absolute atomic E-state index is 0.0926. The van der Waals surface area contributed by atoms with Crippen LogP contribution in [0.2, 0.25) is 0 Å². The maximum atomic E-state index is 13.2. The van der Waals surface area contributed by atoms with E-state index in [-0.39, 0.29) is 12.2 Å². The van der Waals surface area contributed by atoms with Crippen molar-refractivity contribution >= 4 is 11.7 Å². The molecular formula is C12H16F2N2O2. The van der Waals surface area contributed by atoms with E-state index in [0.717, 1.165) is 12.1 Å². The number of carbonyl (C=O) groups is 1. The molecule has 1 aromatic carbocycles. The molecule has 2 amide bonds. The summed E-state index contributed by atoms with van der Waals surface area (Å²) in [7, 11) is 0. The molecule has 6 heteroatoms. The summed E-state index contributed by atoms with van der Waals surface area (Å²) in [6, 6.07) is 2.30. The summed E-state index contributed by atoms with van der Waals surface area (Å²) in [5.74, 6) is -1.54. The Morgan fingerprint density at radius 3 is 2.78 bits per heavy atom. The Morgan fingerprint density at radius 2 is 2.17 bits per heavy atom. The molecule has 0 aromatic heterocycles. The predicted octanol–water partition coefficient (Wildman–Crippen LogP) is 2.25. The minimum Gasteiger partial charge on any atom is -0.393 e. The summed E-state index contributed by atoms with van der Waals surface area (Å²) in [5.41, 5.74) is -0.0926. The number of benzene rings is 1. The van der Waals surface area contributed by atoms with E-state index >= 15 is 0 Å². The monoisotopic (exact) mass is 258 g/mol. The van der Waals surface area contributed by atoms with Gasteiger partial charge in [-0.15, -0.1) is 0 Å². The average molecular weight is 258 g/mol. The van der Waals surface area contributed by atoms with Crippen molar-refractivity contribution in [2.75, 3.05) is 11.9 Å². The zero-order chi connectivity index (χ0) is 13.5. The van der Waals surface area contributed by atoms with Crippen LogP contribution in [0.25, 0.3) is 0 Å². The second kappa shape index (κ2) is 6.90. The molecule has 0 radical (unpaired) electrons. The molecule has 0 aliphatic carbocycles. The van der Waals surface area contributed by atoms with E-state index in [1.807, 2.05) is 6.92 Å². The zero-order valence-corrected chi connectivity index (χ0v) is 10.0. The van der Waals surface area contributed by atoms with Gasteiger partial charge in [-0.2, -0.15) is 0 Å². The van der Waals surface area contributed by atoms with Crippen molar-refractivity contribution < 1.29 is 18.7 Å². The average Bonchev–Trinajstić information content (AvgIpc) is 2.32. The van der Waals surface area contributed by atoms with Gasteiger partial charge in [0.1, 0.15) is 11.6 Å². The van der Waals surface area contributed by atoms with Crippen molar-refractivity contribution in [3.8, 4) is 0 Å². The lowest BCUT2D eigenvalue weighted by Gasteiger charge is -2.10. The third kappa shape index (κ3) is 4.67. The van der Waals surface area contributed by atoms with Crippen LogP contribution in [0.5, 0.6) is 0 Å². The number of hydrogen-bond donors (Lipinski definition) is 3. The van der Waals surface area contributed by atoms with E-state index in [1.54, 1.807) is 0 Å². The van der Waals surface area contributed by atoms with Crippen LogP contribution in [0.1, 0.15) is 19.8 Å². The van der Waals surface area contributed by atoms with E-state index in [4.69, 9.17) is 0 Å². The molecule has 0 fully saturated rings. The predicted molar refractivity (Wildman–Crippen MR) is 64.3 cm³/mol. The fourth-order valence-electron chi connectivity index (χ4n) is 1.31. The molecule has 3 N–H and O–H groups in total. The number of rotatable bonds is 5. The van der Waals surface area contributed by atoms with Gasteiger partial charge < -0.3 is 15.7 Å². The molecule has 0 aliphatic rings. The van der Waals surface area contributed by atoms with Gasteiger partial charge in [0.25, 0.3) is 0 Å². The first-order chi connectivity index (χ1) is 8.52. The van der Waals surface area contributed by atoms with E-state index < -0.39 is 23.8 Å². The molecule has 1 atom stereocenters. The summed E-state index contributed by atoms with van der Waals surface area (Å²) in [6.45, 7) is 2.11. The molecule has 4 nitrogen and oxygen atoms in total. The smallest absolute Gasteiger partial charge is 0.319 e. The van der Waals surface area contributed by atoms with Crippen LogP contribution >= 0.6 is 0 Å². The summed E-state index contributed by atoms with van der Waals surface area (Å²) < 4.78 is 25.8. The van der Waals surface area contributed by atoms with Crippen LogP contribution in [0.4, 0.5) is 19.3 Å². The van der Waals surface area contributed by atoms with E-state index in [9.17, 15) is 18.7 Å². The summed E-state index contributed by atoms with van der Waals surface area (Å²) in [6.07, 6.45) is 0.568. The number of aliphatic hydroxyl groups is 1. The highest BCUT2D eigenvalue weighted by Gasteiger charge is 2.08. The lowest BCUT2D eigenvalue weighted by molar-refractivity contribution is 0.160. The van der Waals surface area contributed by atoms with Crippen LogP contribution < -0.4 is 10.6 Å². The van der Waals surface area contributed by atoms with Crippen LogP contribution in [0.3, 0.4) is 0 Å². The molecule has 0 heterocycles. The van der Waals surface area contributed by atoms with Crippen molar-refractivity contribution in [3.63, 3.8) is 0 Å². The van der Waals surface area contributed by atoms with E-state index in [2.05, 4.69) is 10.6 Å². The highest BCUT2D eigenvalue weighted by molar-refractivity contribution is 5.89. The zero-order valence-electron chi connectivity index (χ0n) is 10.0. The first-order valence-electron chi connectivity index (χ1n) is 5.71. The van der Waals surface area contributed by atoms with Crippen LogP contribution in [0.15, 0.2) is 18.2 Å². The number of hydrogen-bond acceptors (Lipinski definition) is 2. The molecular weight excluding hydrogens is 242 g/mol. The molecule has 0 aliphatic heterocycles. The van der Waals surface area contributed by atoms with Gasteiger partial charge in [-0.1, -0.05) is 6.92 Å². The number of urea groups is 1. The Morgan fingerprint density at radius 1 is 1.44 bits per heavy atom. The van der Waals surface area contributed by atoms with Crippen LogP contribution in [0, 0.1) is 11.6 Å². The standard InChI is InChI=1S/C12H16F2N2O2/c1-2-9(17)5-6-15-12(18)16-11-4-3-8(13)7-10(11)14/h3-4,7,9,17H,2,5-6H2,1H3,(H2,15,16,18). The molecule has 18 heavy (non-hydrogen) atoms. The quantitative estimate of drug-likeness (QED) is 0.758. The minimum atomic E-state index is -0.834. The third-order valence-corrected chi connectivity index (χ3v) is 2.41. The number of amides is 2. The topological polar surface area (TPSA) is 61.4 Å². The molecule has 0 spiro atoms. The fraction of sp³-hybridized carbons (Fsp3) is 0.417. The van der Waals surface area contributed by atoms with E-state index in [1.165, 1.54) is 0 Å². The summed E-state index contributed by atoms with van der Waals surface area (Å²) >= 11 is 0. The maximum Gasteiger partial charge on any atom is 0.319 e. The SMILES string of the molecule is CCC(O)CCNC(=O)Nc1ccc(F)cc1F. The normalized spacial score (nSPS) is 12.0. The number of aliphatic hydroxyl groups excluding tert-OH is 1. The second-order valence-electron chi connectivity index (χ2n) is 3.86. The van der Waals surface area contributed by atoms with Crippen molar-refractivity contribution in [1.82, 2.24) is 5.32 Å². The number of carbonyl (C=O) groups excluding carboxylic acids is 1. The van der Waals surface area contributed by atoms with Gasteiger partial charge in [-0.25, -0.2) is 13.6 Å². The Bertz CT molecular complexity index is 413. The van der Waals surface area contributed by atoms with Gasteiger partial charge in [-0.3, -0.25) is 0 Å². The maximum absolute atomic E-state index is 13.2. The number of anilines is 1. The summed E-state index contributed by atoms with van der Waals surface area (Å²) in [5, 5.41) is 14.0. The van der Waals surface area contributed by atoms with Gasteiger partial charge in [-0.05, 0) is 25.0 Å². The Hall–Kier alpha value is -1.69. The Labute approximate surface area is 104 Å². The van der Waals surface area contributed by atoms with Crippen molar-refractivity contribution in [1.29, 1.82) is 0 Å². The molecule has 1 unspecified atom stereocenters. The molecule has 0 bridgehead atoms. The number of halogens is 2. The molecule has 0 saturated carbocycles. The largest absolute Gasteiger partial charge is 0.393 e. The van der Waals surface area contributed by atoms with E-state index in [0.29, 0.717) is 18.9 Å². The second-order valence-corrected chi connectivity index (χ2v) is 3.86. The highest BCUT2D eigenvalue weighted by atomic mass is 19.1. The van der Waals surface area contributed by atoms with Gasteiger partial charge in [0.05, 0.1) is 11.8 Å². The number of nitrogens with one attached hydrogen (secondary N) is 2. The molecule has 1 aromatic rings. The van der Waals surface area contributed by atoms with Crippen LogP contribution in [-0.4, -0.2) is 23.8 Å². The highest BCUT2D eigenvalue weighted by Crippen LogP contribution is 2.14. The van der Waals surface area contributed by atoms with Gasteiger partial charge >= 0.3 is 6.03 Å². The van der Waals surface area contributed by atoms with Crippen molar-refractivity contribution in [2.45, 2.75) is 25.9 Å². The molecule has 1 rings (SSSR count). The Kier molecular flexibility index (Phi) is 5.51. The molecule has 0 saturated heterocycles. The summed E-state index contributed by atoms with van der Waals surface area (Å²) in [4.78, 5) is 11.4. The lowest BCUT2D eigenvalue weighted by Crippen LogP contribution is -2.31. The van der Waals surface area contributed by atoms with Crippen LogP contribution in [-0.2, 0) is 0 Å².